The number of anilines is 1. The van der Waals surface area contributed by atoms with Crippen molar-refractivity contribution in [3.05, 3.63) is 90.6 Å². The summed E-state index contributed by atoms with van der Waals surface area (Å²) in [5, 5.41) is 27.7. The zero-order valence-corrected chi connectivity index (χ0v) is 20.2. The van der Waals surface area contributed by atoms with Gasteiger partial charge in [-0.1, -0.05) is 35.5 Å². The van der Waals surface area contributed by atoms with E-state index < -0.39 is 10.8 Å². The van der Waals surface area contributed by atoms with Gasteiger partial charge in [-0.05, 0) is 50.1 Å². The summed E-state index contributed by atoms with van der Waals surface area (Å²) in [7, 11) is 0. The molecule has 174 valence electrons. The van der Waals surface area contributed by atoms with Crippen molar-refractivity contribution in [3.8, 4) is 6.07 Å². The van der Waals surface area contributed by atoms with Crippen molar-refractivity contribution >= 4 is 46.4 Å². The lowest BCUT2D eigenvalue weighted by molar-refractivity contribution is -0.384. The zero-order valence-electron chi connectivity index (χ0n) is 18.6. The first-order valence-electron chi connectivity index (χ1n) is 10.2. The molecule has 0 unspecified atom stereocenters. The second kappa shape index (κ2) is 10.5. The van der Waals surface area contributed by atoms with Crippen LogP contribution in [0.5, 0.6) is 0 Å². The first-order valence-corrected chi connectivity index (χ1v) is 11.5. The first-order chi connectivity index (χ1) is 16.1. The molecule has 2 N–H and O–H groups in total. The first kappa shape index (κ1) is 25.0. The number of benzene rings is 2. The van der Waals surface area contributed by atoms with E-state index in [0.29, 0.717) is 38.1 Å². The van der Waals surface area contributed by atoms with Gasteiger partial charge in [-0.15, -0.1) is 0 Å². The van der Waals surface area contributed by atoms with E-state index in [1.165, 1.54) is 25.1 Å². The van der Waals surface area contributed by atoms with Gasteiger partial charge in [0.2, 0.25) is 5.91 Å². The minimum absolute atomic E-state index is 0.0139. The molecule has 2 aromatic rings. The number of halogens is 1. The van der Waals surface area contributed by atoms with E-state index >= 15 is 0 Å². The van der Waals surface area contributed by atoms with Crippen LogP contribution in [0.15, 0.2) is 64.3 Å². The van der Waals surface area contributed by atoms with E-state index in [1.54, 1.807) is 38.1 Å². The van der Waals surface area contributed by atoms with Gasteiger partial charge in [-0.3, -0.25) is 19.7 Å². The van der Waals surface area contributed by atoms with E-state index in [1.807, 2.05) is 0 Å². The maximum atomic E-state index is 12.6. The van der Waals surface area contributed by atoms with Crippen LogP contribution < -0.4 is 10.6 Å². The van der Waals surface area contributed by atoms with Gasteiger partial charge in [-0.2, -0.15) is 5.26 Å². The summed E-state index contributed by atoms with van der Waals surface area (Å²) in [6.45, 7) is 4.88. The maximum absolute atomic E-state index is 12.6. The van der Waals surface area contributed by atoms with Gasteiger partial charge < -0.3 is 10.6 Å². The topological polar surface area (TPSA) is 125 Å². The number of Topliss-reactive ketones (excluding diaryl/α,β-unsaturated/α-hetero) is 1. The zero-order chi connectivity index (χ0) is 25.0. The normalized spacial score (nSPS) is 15.4. The molecule has 1 atom stereocenters. The van der Waals surface area contributed by atoms with Crippen LogP contribution in [-0.4, -0.2) is 22.4 Å². The Kier molecular flexibility index (Phi) is 7.76. The number of aryl methyl sites for hydroxylation is 1. The standard InChI is InChI=1S/C24H21ClN4O4S/c1-13-10-18(29(32)33)8-9-20(13)28-21(31)12-34-24-19(11-26)23(16-4-6-17(25)7-5-16)22(15(3)30)14(2)27-24/h4-10,23,27H,12H2,1-3H3,(H,28,31)/t23-/m1/s1. The minimum Gasteiger partial charge on any atom is -0.353 e. The summed E-state index contributed by atoms with van der Waals surface area (Å²) in [5.74, 6) is -1.09. The second-order valence-electron chi connectivity index (χ2n) is 7.65. The molecular formula is C24H21ClN4O4S. The Labute approximate surface area is 205 Å². The molecule has 8 nitrogen and oxygen atoms in total. The lowest BCUT2D eigenvalue weighted by atomic mass is 9.81. The smallest absolute Gasteiger partial charge is 0.269 e. The van der Waals surface area contributed by atoms with Gasteiger partial charge in [0.15, 0.2) is 5.78 Å². The average Bonchev–Trinajstić information content (AvgIpc) is 2.78. The molecule has 0 radical (unpaired) electrons. The fraction of sp³-hybridized carbons (Fsp3) is 0.208. The van der Waals surface area contributed by atoms with Gasteiger partial charge in [0, 0.05) is 34.1 Å². The Hall–Kier alpha value is -3.61. The molecule has 1 aliphatic rings. The van der Waals surface area contributed by atoms with Crippen LogP contribution >= 0.6 is 23.4 Å². The number of carbonyl (C=O) groups excluding carboxylic acids is 2. The molecule has 1 heterocycles. The lowest BCUT2D eigenvalue weighted by Gasteiger charge is -2.29. The largest absolute Gasteiger partial charge is 0.353 e. The molecule has 0 aliphatic carbocycles. The fourth-order valence-corrected chi connectivity index (χ4v) is 4.73. The third-order valence-corrected chi connectivity index (χ3v) is 6.54. The van der Waals surface area contributed by atoms with Crippen molar-refractivity contribution < 1.29 is 14.5 Å². The molecule has 1 aliphatic heterocycles. The number of hydrogen-bond acceptors (Lipinski definition) is 7. The Morgan fingerprint density at radius 1 is 1.24 bits per heavy atom. The van der Waals surface area contributed by atoms with Crippen molar-refractivity contribution in [1.82, 2.24) is 5.32 Å². The number of non-ortho nitro benzene ring substituents is 1. The van der Waals surface area contributed by atoms with E-state index in [-0.39, 0.29) is 23.1 Å². The number of rotatable bonds is 7. The molecule has 0 saturated carbocycles. The van der Waals surface area contributed by atoms with Gasteiger partial charge >= 0.3 is 0 Å². The predicted octanol–water partition coefficient (Wildman–Crippen LogP) is 5.21. The number of thioether (sulfide) groups is 1. The molecular weight excluding hydrogens is 476 g/mol. The van der Waals surface area contributed by atoms with Crippen molar-refractivity contribution in [3.63, 3.8) is 0 Å². The highest BCUT2D eigenvalue weighted by Gasteiger charge is 2.33. The molecule has 34 heavy (non-hydrogen) atoms. The summed E-state index contributed by atoms with van der Waals surface area (Å²) in [5.41, 5.74) is 3.15. The Morgan fingerprint density at radius 3 is 2.47 bits per heavy atom. The summed E-state index contributed by atoms with van der Waals surface area (Å²) in [6.07, 6.45) is 0. The molecule has 3 rings (SSSR count). The number of hydrogen-bond donors (Lipinski definition) is 2. The highest BCUT2D eigenvalue weighted by Crippen LogP contribution is 2.41. The third-order valence-electron chi connectivity index (χ3n) is 5.27. The number of carbonyl (C=O) groups is 2. The molecule has 0 bridgehead atoms. The van der Waals surface area contributed by atoms with Gasteiger partial charge in [0.25, 0.3) is 5.69 Å². The lowest BCUT2D eigenvalue weighted by Crippen LogP contribution is -2.27. The van der Waals surface area contributed by atoms with Crippen LogP contribution in [0, 0.1) is 28.4 Å². The van der Waals surface area contributed by atoms with Crippen LogP contribution in [0.2, 0.25) is 5.02 Å². The molecule has 0 saturated heterocycles. The van der Waals surface area contributed by atoms with E-state index in [9.17, 15) is 25.0 Å². The number of nitro benzene ring substituents is 1. The highest BCUT2D eigenvalue weighted by molar-refractivity contribution is 8.03. The van der Waals surface area contributed by atoms with Crippen LogP contribution in [0.3, 0.4) is 0 Å². The number of nitrogens with one attached hydrogen (secondary N) is 2. The van der Waals surface area contributed by atoms with Crippen molar-refractivity contribution in [2.24, 2.45) is 0 Å². The summed E-state index contributed by atoms with van der Waals surface area (Å²) in [6, 6.07) is 13.4. The average molecular weight is 497 g/mol. The van der Waals surface area contributed by atoms with E-state index in [4.69, 9.17) is 11.6 Å². The van der Waals surface area contributed by atoms with Crippen LogP contribution in [0.25, 0.3) is 0 Å². The quantitative estimate of drug-likeness (QED) is 0.398. The van der Waals surface area contributed by atoms with Gasteiger partial charge in [-0.25, -0.2) is 0 Å². The van der Waals surface area contributed by atoms with Crippen molar-refractivity contribution in [2.45, 2.75) is 26.7 Å². The summed E-state index contributed by atoms with van der Waals surface area (Å²) >= 11 is 7.16. The minimum atomic E-state index is -0.580. The van der Waals surface area contributed by atoms with E-state index in [0.717, 1.165) is 17.3 Å². The summed E-state index contributed by atoms with van der Waals surface area (Å²) in [4.78, 5) is 35.4. The van der Waals surface area contributed by atoms with Crippen LogP contribution in [-0.2, 0) is 9.59 Å². The molecule has 2 aromatic carbocycles. The van der Waals surface area contributed by atoms with E-state index in [2.05, 4.69) is 16.7 Å². The third kappa shape index (κ3) is 5.47. The number of nitriles is 1. The van der Waals surface area contributed by atoms with Crippen molar-refractivity contribution in [2.75, 3.05) is 11.1 Å². The Bertz CT molecular complexity index is 1280. The number of amides is 1. The second-order valence-corrected chi connectivity index (χ2v) is 9.07. The van der Waals surface area contributed by atoms with Crippen LogP contribution in [0.1, 0.15) is 30.9 Å². The van der Waals surface area contributed by atoms with Gasteiger partial charge in [0.05, 0.1) is 33.3 Å². The Balaban J connectivity index is 1.84. The molecule has 0 fully saturated rings. The highest BCUT2D eigenvalue weighted by atomic mass is 35.5. The predicted molar refractivity (Wildman–Crippen MR) is 132 cm³/mol. The molecule has 10 heteroatoms. The maximum Gasteiger partial charge on any atom is 0.269 e. The van der Waals surface area contributed by atoms with Crippen LogP contribution in [0.4, 0.5) is 11.4 Å². The Morgan fingerprint density at radius 2 is 1.91 bits per heavy atom. The number of nitrogens with zero attached hydrogens (tertiary/aromatic N) is 2. The monoisotopic (exact) mass is 496 g/mol. The SMILES string of the molecule is CC(=O)C1=C(C)NC(SCC(=O)Nc2ccc([N+](=O)[O-])cc2C)=C(C#N)[C@H]1c1ccc(Cl)cc1. The fourth-order valence-electron chi connectivity index (χ4n) is 3.71. The number of nitro groups is 1. The van der Waals surface area contributed by atoms with Crippen molar-refractivity contribution in [1.29, 1.82) is 5.26 Å². The molecule has 0 aromatic heterocycles. The molecule has 0 spiro atoms. The number of dihydropyridines is 1. The number of ketones is 1. The number of allylic oxidation sites excluding steroid dienone is 3. The van der Waals surface area contributed by atoms with Gasteiger partial charge in [0.1, 0.15) is 0 Å². The molecule has 1 amide bonds. The summed E-state index contributed by atoms with van der Waals surface area (Å²) < 4.78 is 0.